The van der Waals surface area contributed by atoms with E-state index in [1.807, 2.05) is 19.1 Å². The average Bonchev–Trinajstić information content (AvgIpc) is 2.42. The predicted molar refractivity (Wildman–Crippen MR) is 52.9 cm³/mol. The van der Waals surface area contributed by atoms with Gasteiger partial charge in [-0.25, -0.2) is 0 Å². The number of fused-ring (bicyclic) bond motifs is 1. The van der Waals surface area contributed by atoms with Crippen LogP contribution in [-0.2, 0) is 0 Å². The molecule has 13 heavy (non-hydrogen) atoms. The standard InChI is InChI=1S/C9H10BNO2/c1-6-4-7-5-8(10(12)13)2-3-9(7)11-6/h2-5,11-13H,1H3. The third kappa shape index (κ3) is 1.46. The van der Waals surface area contributed by atoms with E-state index in [0.29, 0.717) is 5.46 Å². The minimum absolute atomic E-state index is 0.520. The molecule has 0 atom stereocenters. The highest BCUT2D eigenvalue weighted by atomic mass is 16.4. The number of aromatic nitrogens is 1. The molecule has 0 bridgehead atoms. The van der Waals surface area contributed by atoms with Gasteiger partial charge in [-0.05, 0) is 29.9 Å². The topological polar surface area (TPSA) is 56.2 Å². The third-order valence-electron chi connectivity index (χ3n) is 2.08. The van der Waals surface area contributed by atoms with Crippen LogP contribution in [0.1, 0.15) is 5.69 Å². The van der Waals surface area contributed by atoms with E-state index in [2.05, 4.69) is 4.98 Å². The fourth-order valence-electron chi connectivity index (χ4n) is 1.46. The lowest BCUT2D eigenvalue weighted by atomic mass is 9.80. The van der Waals surface area contributed by atoms with Gasteiger partial charge < -0.3 is 15.0 Å². The van der Waals surface area contributed by atoms with E-state index in [1.54, 1.807) is 12.1 Å². The van der Waals surface area contributed by atoms with Crippen molar-refractivity contribution in [1.82, 2.24) is 4.98 Å². The summed E-state index contributed by atoms with van der Waals surface area (Å²) in [5.74, 6) is 0. The van der Waals surface area contributed by atoms with E-state index in [9.17, 15) is 0 Å². The number of hydrogen-bond acceptors (Lipinski definition) is 2. The molecule has 0 radical (unpaired) electrons. The van der Waals surface area contributed by atoms with Crippen LogP contribution in [0.3, 0.4) is 0 Å². The Kier molecular flexibility index (Phi) is 1.86. The van der Waals surface area contributed by atoms with Gasteiger partial charge >= 0.3 is 7.12 Å². The predicted octanol–water partition coefficient (Wildman–Crippen LogP) is 0.156. The Morgan fingerprint density at radius 2 is 2.00 bits per heavy atom. The van der Waals surface area contributed by atoms with Crippen LogP contribution in [0.2, 0.25) is 0 Å². The molecule has 2 aromatic rings. The first-order chi connectivity index (χ1) is 6.16. The summed E-state index contributed by atoms with van der Waals surface area (Å²) in [6.07, 6.45) is 0. The molecule has 3 nitrogen and oxygen atoms in total. The number of nitrogens with one attached hydrogen (secondary N) is 1. The Bertz CT molecular complexity index is 436. The second-order valence-corrected chi connectivity index (χ2v) is 3.17. The van der Waals surface area contributed by atoms with E-state index in [0.717, 1.165) is 16.6 Å². The minimum Gasteiger partial charge on any atom is -0.423 e. The zero-order valence-corrected chi connectivity index (χ0v) is 7.28. The van der Waals surface area contributed by atoms with Crippen LogP contribution in [-0.4, -0.2) is 22.2 Å². The number of H-pyrrole nitrogens is 1. The molecule has 4 heteroatoms. The van der Waals surface area contributed by atoms with Crippen molar-refractivity contribution in [2.24, 2.45) is 0 Å². The number of hydrogen-bond donors (Lipinski definition) is 3. The Hall–Kier alpha value is -1.26. The largest absolute Gasteiger partial charge is 0.488 e. The van der Waals surface area contributed by atoms with E-state index >= 15 is 0 Å². The third-order valence-corrected chi connectivity index (χ3v) is 2.08. The second-order valence-electron chi connectivity index (χ2n) is 3.17. The monoisotopic (exact) mass is 175 g/mol. The molecule has 66 valence electrons. The van der Waals surface area contributed by atoms with Crippen LogP contribution in [0, 0.1) is 6.92 Å². The van der Waals surface area contributed by atoms with Crippen LogP contribution >= 0.6 is 0 Å². The summed E-state index contributed by atoms with van der Waals surface area (Å²) in [6, 6.07) is 7.28. The summed E-state index contributed by atoms with van der Waals surface area (Å²) in [6.45, 7) is 1.97. The Labute approximate surface area is 76.2 Å². The lowest BCUT2D eigenvalue weighted by Crippen LogP contribution is -2.29. The Morgan fingerprint density at radius 3 is 2.69 bits per heavy atom. The highest BCUT2D eigenvalue weighted by Crippen LogP contribution is 2.12. The van der Waals surface area contributed by atoms with E-state index in [4.69, 9.17) is 10.0 Å². The molecule has 0 aliphatic carbocycles. The molecule has 1 aromatic carbocycles. The molecule has 0 spiro atoms. The van der Waals surface area contributed by atoms with Gasteiger partial charge in [0.1, 0.15) is 0 Å². The van der Waals surface area contributed by atoms with Crippen molar-refractivity contribution >= 4 is 23.5 Å². The van der Waals surface area contributed by atoms with Crippen molar-refractivity contribution in [3.8, 4) is 0 Å². The molecule has 2 rings (SSSR count). The van der Waals surface area contributed by atoms with Gasteiger partial charge in [0.05, 0.1) is 0 Å². The molecular formula is C9H10BNO2. The van der Waals surface area contributed by atoms with Gasteiger partial charge in [-0.1, -0.05) is 12.1 Å². The van der Waals surface area contributed by atoms with Crippen molar-refractivity contribution < 1.29 is 10.0 Å². The van der Waals surface area contributed by atoms with Gasteiger partial charge in [0.25, 0.3) is 0 Å². The molecule has 0 fully saturated rings. The second kappa shape index (κ2) is 2.90. The fourth-order valence-corrected chi connectivity index (χ4v) is 1.46. The Balaban J connectivity index is 2.61. The van der Waals surface area contributed by atoms with Gasteiger partial charge in [-0.15, -0.1) is 0 Å². The maximum Gasteiger partial charge on any atom is 0.488 e. The summed E-state index contributed by atoms with van der Waals surface area (Å²) in [7, 11) is -1.39. The summed E-state index contributed by atoms with van der Waals surface area (Å²) < 4.78 is 0. The average molecular weight is 175 g/mol. The lowest BCUT2D eigenvalue weighted by Gasteiger charge is -1.97. The smallest absolute Gasteiger partial charge is 0.423 e. The van der Waals surface area contributed by atoms with Crippen LogP contribution < -0.4 is 5.46 Å². The first-order valence-electron chi connectivity index (χ1n) is 4.12. The maximum absolute atomic E-state index is 8.94. The van der Waals surface area contributed by atoms with Gasteiger partial charge in [-0.3, -0.25) is 0 Å². The highest BCUT2D eigenvalue weighted by Gasteiger charge is 2.10. The van der Waals surface area contributed by atoms with Crippen molar-refractivity contribution in [2.75, 3.05) is 0 Å². The molecular weight excluding hydrogens is 165 g/mol. The molecule has 1 heterocycles. The van der Waals surface area contributed by atoms with Crippen molar-refractivity contribution in [3.63, 3.8) is 0 Å². The lowest BCUT2D eigenvalue weighted by molar-refractivity contribution is 0.426. The molecule has 1 aromatic heterocycles. The van der Waals surface area contributed by atoms with E-state index in [-0.39, 0.29) is 0 Å². The zero-order valence-electron chi connectivity index (χ0n) is 7.28. The molecule has 0 saturated heterocycles. The number of benzene rings is 1. The first-order valence-corrected chi connectivity index (χ1v) is 4.12. The van der Waals surface area contributed by atoms with Crippen LogP contribution in [0.25, 0.3) is 10.9 Å². The zero-order chi connectivity index (χ0) is 9.42. The summed E-state index contributed by atoms with van der Waals surface area (Å²) in [4.78, 5) is 3.16. The molecule has 0 aliphatic rings. The van der Waals surface area contributed by atoms with E-state index < -0.39 is 7.12 Å². The minimum atomic E-state index is -1.39. The normalized spacial score (nSPS) is 10.7. The Morgan fingerprint density at radius 1 is 1.23 bits per heavy atom. The van der Waals surface area contributed by atoms with Crippen molar-refractivity contribution in [1.29, 1.82) is 0 Å². The van der Waals surface area contributed by atoms with Crippen LogP contribution in [0.5, 0.6) is 0 Å². The van der Waals surface area contributed by atoms with Crippen LogP contribution in [0.4, 0.5) is 0 Å². The van der Waals surface area contributed by atoms with Gasteiger partial charge in [0, 0.05) is 11.2 Å². The first kappa shape index (κ1) is 8.35. The quantitative estimate of drug-likeness (QED) is 0.540. The summed E-state index contributed by atoms with van der Waals surface area (Å²) in [5.41, 5.74) is 2.60. The highest BCUT2D eigenvalue weighted by molar-refractivity contribution is 6.58. The van der Waals surface area contributed by atoms with Gasteiger partial charge in [0.2, 0.25) is 0 Å². The maximum atomic E-state index is 8.94. The molecule has 0 aliphatic heterocycles. The fraction of sp³-hybridized carbons (Fsp3) is 0.111. The van der Waals surface area contributed by atoms with Gasteiger partial charge in [0.15, 0.2) is 0 Å². The van der Waals surface area contributed by atoms with Crippen LogP contribution in [0.15, 0.2) is 24.3 Å². The number of aryl methyl sites for hydroxylation is 1. The molecule has 0 amide bonds. The van der Waals surface area contributed by atoms with Gasteiger partial charge in [-0.2, -0.15) is 0 Å². The molecule has 3 N–H and O–H groups in total. The number of aromatic amines is 1. The molecule has 0 saturated carbocycles. The molecule has 0 unspecified atom stereocenters. The summed E-state index contributed by atoms with van der Waals surface area (Å²) in [5, 5.41) is 18.9. The van der Waals surface area contributed by atoms with E-state index in [1.165, 1.54) is 0 Å². The number of rotatable bonds is 1. The van der Waals surface area contributed by atoms with Crippen molar-refractivity contribution in [2.45, 2.75) is 6.92 Å². The SMILES string of the molecule is Cc1cc2cc(B(O)O)ccc2[nH]1. The summed E-state index contributed by atoms with van der Waals surface area (Å²) >= 11 is 0. The van der Waals surface area contributed by atoms with Crippen molar-refractivity contribution in [3.05, 3.63) is 30.0 Å².